The van der Waals surface area contributed by atoms with Gasteiger partial charge in [0, 0.05) is 23.6 Å². The normalized spacial score (nSPS) is 10.6. The van der Waals surface area contributed by atoms with Crippen LogP contribution in [0.15, 0.2) is 48.7 Å². The SMILES string of the molecule is COc1ccc(CC(=O)NCC(=O)NCCc2c[nH]c3ccccc23)cc1OC. The van der Waals surface area contributed by atoms with Gasteiger partial charge in [-0.3, -0.25) is 9.59 Å². The van der Waals surface area contributed by atoms with E-state index in [9.17, 15) is 9.59 Å². The number of nitrogens with one attached hydrogen (secondary N) is 3. The third-order valence-electron chi connectivity index (χ3n) is 4.65. The molecule has 152 valence electrons. The zero-order chi connectivity index (χ0) is 20.6. The number of benzene rings is 2. The molecule has 0 unspecified atom stereocenters. The molecule has 3 N–H and O–H groups in total. The van der Waals surface area contributed by atoms with Crippen molar-refractivity contribution in [2.45, 2.75) is 12.8 Å². The smallest absolute Gasteiger partial charge is 0.239 e. The molecule has 7 nitrogen and oxygen atoms in total. The van der Waals surface area contributed by atoms with E-state index >= 15 is 0 Å². The summed E-state index contributed by atoms with van der Waals surface area (Å²) in [5.74, 6) is 0.716. The molecule has 0 atom stereocenters. The standard InChI is InChI=1S/C22H25N3O4/c1-28-19-8-7-15(11-20(19)29-2)12-21(26)25-14-22(27)23-10-9-16-13-24-18-6-4-3-5-17(16)18/h3-8,11,13,24H,9-10,12,14H2,1-2H3,(H,23,27)(H,25,26). The number of carbonyl (C=O) groups is 2. The second-order valence-corrected chi connectivity index (χ2v) is 6.60. The van der Waals surface area contributed by atoms with E-state index in [1.54, 1.807) is 32.4 Å². The summed E-state index contributed by atoms with van der Waals surface area (Å²) in [5.41, 5.74) is 3.01. The van der Waals surface area contributed by atoms with E-state index in [1.165, 1.54) is 0 Å². The summed E-state index contributed by atoms with van der Waals surface area (Å²) < 4.78 is 10.4. The van der Waals surface area contributed by atoms with Crippen LogP contribution in [0.4, 0.5) is 0 Å². The number of hydrogen-bond acceptors (Lipinski definition) is 4. The maximum Gasteiger partial charge on any atom is 0.239 e. The van der Waals surface area contributed by atoms with Crippen molar-refractivity contribution >= 4 is 22.7 Å². The molecular formula is C22H25N3O4. The summed E-state index contributed by atoms with van der Waals surface area (Å²) in [4.78, 5) is 27.3. The molecule has 0 bridgehead atoms. The summed E-state index contributed by atoms with van der Waals surface area (Å²) in [6.45, 7) is 0.451. The number of aromatic nitrogens is 1. The molecule has 1 heterocycles. The Balaban J connectivity index is 1.41. The van der Waals surface area contributed by atoms with Crippen LogP contribution < -0.4 is 20.1 Å². The molecule has 0 saturated carbocycles. The summed E-state index contributed by atoms with van der Waals surface area (Å²) in [6, 6.07) is 13.3. The first-order valence-corrected chi connectivity index (χ1v) is 9.40. The van der Waals surface area contributed by atoms with Crippen molar-refractivity contribution in [2.24, 2.45) is 0 Å². The van der Waals surface area contributed by atoms with Gasteiger partial charge in [-0.1, -0.05) is 24.3 Å². The highest BCUT2D eigenvalue weighted by molar-refractivity contribution is 5.86. The van der Waals surface area contributed by atoms with Crippen LogP contribution >= 0.6 is 0 Å². The molecule has 1 aromatic heterocycles. The highest BCUT2D eigenvalue weighted by Gasteiger charge is 2.10. The zero-order valence-electron chi connectivity index (χ0n) is 16.6. The summed E-state index contributed by atoms with van der Waals surface area (Å²) >= 11 is 0. The van der Waals surface area contributed by atoms with Gasteiger partial charge in [0.05, 0.1) is 27.2 Å². The van der Waals surface area contributed by atoms with E-state index < -0.39 is 0 Å². The second-order valence-electron chi connectivity index (χ2n) is 6.60. The minimum atomic E-state index is -0.232. The van der Waals surface area contributed by atoms with Crippen LogP contribution in [0, 0.1) is 0 Å². The van der Waals surface area contributed by atoms with Crippen molar-refractivity contribution in [3.63, 3.8) is 0 Å². The monoisotopic (exact) mass is 395 g/mol. The molecule has 0 aliphatic rings. The molecule has 29 heavy (non-hydrogen) atoms. The third-order valence-corrected chi connectivity index (χ3v) is 4.65. The number of fused-ring (bicyclic) bond motifs is 1. The van der Waals surface area contributed by atoms with Crippen molar-refractivity contribution in [3.8, 4) is 11.5 Å². The Hall–Kier alpha value is -3.48. The first kappa shape index (κ1) is 20.3. The first-order valence-electron chi connectivity index (χ1n) is 9.40. The molecule has 0 aliphatic carbocycles. The van der Waals surface area contributed by atoms with Gasteiger partial charge in [0.15, 0.2) is 11.5 Å². The zero-order valence-corrected chi connectivity index (χ0v) is 16.6. The molecule has 0 fully saturated rings. The van der Waals surface area contributed by atoms with E-state index in [0.717, 1.165) is 28.5 Å². The first-order chi connectivity index (χ1) is 14.1. The fraction of sp³-hybridized carbons (Fsp3) is 0.273. The summed E-state index contributed by atoms with van der Waals surface area (Å²) in [5, 5.41) is 6.63. The maximum absolute atomic E-state index is 12.1. The minimum Gasteiger partial charge on any atom is -0.493 e. The Morgan fingerprint density at radius 1 is 0.966 bits per heavy atom. The Morgan fingerprint density at radius 2 is 1.76 bits per heavy atom. The van der Waals surface area contributed by atoms with Gasteiger partial charge in [-0.2, -0.15) is 0 Å². The Morgan fingerprint density at radius 3 is 2.55 bits per heavy atom. The fourth-order valence-corrected chi connectivity index (χ4v) is 3.15. The molecule has 2 amide bonds. The van der Waals surface area contributed by atoms with Crippen LogP contribution in [0.25, 0.3) is 10.9 Å². The molecule has 3 rings (SSSR count). The number of amides is 2. The number of rotatable bonds is 9. The fourth-order valence-electron chi connectivity index (χ4n) is 3.15. The van der Waals surface area contributed by atoms with Gasteiger partial charge in [-0.05, 0) is 35.7 Å². The number of ether oxygens (including phenoxy) is 2. The molecular weight excluding hydrogens is 370 g/mol. The number of para-hydroxylation sites is 1. The number of methoxy groups -OCH3 is 2. The van der Waals surface area contributed by atoms with Crippen molar-refractivity contribution < 1.29 is 19.1 Å². The molecule has 2 aromatic carbocycles. The van der Waals surface area contributed by atoms with Gasteiger partial charge in [-0.25, -0.2) is 0 Å². The summed E-state index contributed by atoms with van der Waals surface area (Å²) in [7, 11) is 3.10. The van der Waals surface area contributed by atoms with E-state index in [-0.39, 0.29) is 24.8 Å². The average Bonchev–Trinajstić information content (AvgIpc) is 3.15. The lowest BCUT2D eigenvalue weighted by Crippen LogP contribution is -2.38. The highest BCUT2D eigenvalue weighted by Crippen LogP contribution is 2.27. The van der Waals surface area contributed by atoms with Crippen molar-refractivity contribution in [1.82, 2.24) is 15.6 Å². The largest absolute Gasteiger partial charge is 0.493 e. The number of H-pyrrole nitrogens is 1. The van der Waals surface area contributed by atoms with Crippen LogP contribution in [-0.4, -0.2) is 44.1 Å². The van der Waals surface area contributed by atoms with Gasteiger partial charge >= 0.3 is 0 Å². The minimum absolute atomic E-state index is 0.0555. The van der Waals surface area contributed by atoms with E-state index in [4.69, 9.17) is 9.47 Å². The lowest BCUT2D eigenvalue weighted by Gasteiger charge is -2.10. The molecule has 0 saturated heterocycles. The quantitative estimate of drug-likeness (QED) is 0.518. The van der Waals surface area contributed by atoms with Gasteiger partial charge in [0.1, 0.15) is 0 Å². The van der Waals surface area contributed by atoms with Gasteiger partial charge in [-0.15, -0.1) is 0 Å². The van der Waals surface area contributed by atoms with Gasteiger partial charge in [0.25, 0.3) is 0 Å². The molecule has 3 aromatic rings. The predicted molar refractivity (Wildman–Crippen MR) is 111 cm³/mol. The second kappa shape index (κ2) is 9.64. The van der Waals surface area contributed by atoms with Crippen LogP contribution in [0.1, 0.15) is 11.1 Å². The third kappa shape index (κ3) is 5.28. The lowest BCUT2D eigenvalue weighted by molar-refractivity contribution is -0.125. The lowest BCUT2D eigenvalue weighted by atomic mass is 10.1. The van der Waals surface area contributed by atoms with Crippen LogP contribution in [0.5, 0.6) is 11.5 Å². The molecule has 0 radical (unpaired) electrons. The predicted octanol–water partition coefficient (Wildman–Crippen LogP) is 2.20. The summed E-state index contributed by atoms with van der Waals surface area (Å²) in [6.07, 6.45) is 2.83. The van der Waals surface area contributed by atoms with Crippen molar-refractivity contribution in [1.29, 1.82) is 0 Å². The molecule has 0 spiro atoms. The topological polar surface area (TPSA) is 92.5 Å². The number of carbonyl (C=O) groups excluding carboxylic acids is 2. The molecule has 0 aliphatic heterocycles. The van der Waals surface area contributed by atoms with Gasteiger partial charge < -0.3 is 25.1 Å². The van der Waals surface area contributed by atoms with Crippen LogP contribution in [0.2, 0.25) is 0 Å². The number of hydrogen-bond donors (Lipinski definition) is 3. The molecule has 7 heteroatoms. The maximum atomic E-state index is 12.1. The van der Waals surface area contributed by atoms with E-state index in [1.807, 2.05) is 24.4 Å². The average molecular weight is 395 g/mol. The number of aromatic amines is 1. The van der Waals surface area contributed by atoms with E-state index in [0.29, 0.717) is 18.0 Å². The van der Waals surface area contributed by atoms with Gasteiger partial charge in [0.2, 0.25) is 11.8 Å². The van der Waals surface area contributed by atoms with E-state index in [2.05, 4.69) is 21.7 Å². The Kier molecular flexibility index (Phi) is 6.73. The van der Waals surface area contributed by atoms with Crippen LogP contribution in [0.3, 0.4) is 0 Å². The Labute approximate surface area is 169 Å². The highest BCUT2D eigenvalue weighted by atomic mass is 16.5. The van der Waals surface area contributed by atoms with Crippen molar-refractivity contribution in [3.05, 3.63) is 59.8 Å². The van der Waals surface area contributed by atoms with Crippen LogP contribution in [-0.2, 0) is 22.4 Å². The van der Waals surface area contributed by atoms with Crippen molar-refractivity contribution in [2.75, 3.05) is 27.3 Å². The Bertz CT molecular complexity index is 997.